The molecule has 0 unspecified atom stereocenters. The van der Waals surface area contributed by atoms with E-state index in [-0.39, 0.29) is 12.3 Å². The Bertz CT molecular complexity index is 534. The van der Waals surface area contributed by atoms with Crippen LogP contribution in [-0.4, -0.2) is 11.1 Å². The minimum absolute atomic E-state index is 0.101. The topological polar surface area (TPSA) is 55.1 Å². The SMILES string of the molecule is CC.CC.CC.Cc1cc(CC(=O)Nc2ccccc2C)on1. The molecule has 4 nitrogen and oxygen atoms in total. The van der Waals surface area contributed by atoms with Crippen LogP contribution in [0.5, 0.6) is 0 Å². The van der Waals surface area contributed by atoms with Crippen LogP contribution in [0.3, 0.4) is 0 Å². The third-order valence-corrected chi connectivity index (χ3v) is 2.43. The number of anilines is 1. The first-order valence-corrected chi connectivity index (χ1v) is 8.43. The minimum Gasteiger partial charge on any atom is -0.361 e. The van der Waals surface area contributed by atoms with Crippen LogP contribution < -0.4 is 5.32 Å². The number of nitrogens with one attached hydrogen (secondary N) is 1. The molecule has 0 bridgehead atoms. The first kappa shape index (κ1) is 23.2. The average Bonchev–Trinajstić information content (AvgIpc) is 3.00. The molecule has 1 aromatic heterocycles. The Hall–Kier alpha value is -2.10. The zero-order valence-electron chi connectivity index (χ0n) is 15.9. The second kappa shape index (κ2) is 14.8. The molecular formula is C19H32N2O2. The van der Waals surface area contributed by atoms with Gasteiger partial charge >= 0.3 is 0 Å². The summed E-state index contributed by atoms with van der Waals surface area (Å²) in [5, 5.41) is 6.58. The molecule has 0 fully saturated rings. The Balaban J connectivity index is 0. The van der Waals surface area contributed by atoms with Crippen molar-refractivity contribution in [2.24, 2.45) is 0 Å². The van der Waals surface area contributed by atoms with Crippen molar-refractivity contribution in [2.75, 3.05) is 5.32 Å². The van der Waals surface area contributed by atoms with E-state index < -0.39 is 0 Å². The number of benzene rings is 1. The van der Waals surface area contributed by atoms with Crippen LogP contribution in [0.1, 0.15) is 58.6 Å². The number of aryl methyl sites for hydroxylation is 2. The van der Waals surface area contributed by atoms with Gasteiger partial charge in [-0.2, -0.15) is 0 Å². The van der Waals surface area contributed by atoms with Crippen LogP contribution in [0.15, 0.2) is 34.9 Å². The number of nitrogens with zero attached hydrogens (tertiary/aromatic N) is 1. The third-order valence-electron chi connectivity index (χ3n) is 2.43. The van der Waals surface area contributed by atoms with E-state index in [9.17, 15) is 4.79 Å². The number of amides is 1. The Kier molecular flexibility index (Phi) is 14.9. The van der Waals surface area contributed by atoms with Crippen LogP contribution in [0.4, 0.5) is 5.69 Å². The summed E-state index contributed by atoms with van der Waals surface area (Å²) < 4.78 is 4.99. The van der Waals surface area contributed by atoms with Crippen molar-refractivity contribution in [3.05, 3.63) is 47.3 Å². The van der Waals surface area contributed by atoms with Gasteiger partial charge in [-0.15, -0.1) is 0 Å². The van der Waals surface area contributed by atoms with Crippen LogP contribution >= 0.6 is 0 Å². The highest BCUT2D eigenvalue weighted by atomic mass is 16.5. The zero-order valence-corrected chi connectivity index (χ0v) is 15.9. The lowest BCUT2D eigenvalue weighted by molar-refractivity contribution is -0.115. The molecule has 23 heavy (non-hydrogen) atoms. The Labute approximate surface area is 141 Å². The number of carbonyl (C=O) groups excluding carboxylic acids is 1. The van der Waals surface area contributed by atoms with Crippen molar-refractivity contribution in [3.63, 3.8) is 0 Å². The molecule has 1 aromatic carbocycles. The molecule has 130 valence electrons. The number of para-hydroxylation sites is 1. The molecule has 0 saturated heterocycles. The number of hydrogen-bond donors (Lipinski definition) is 1. The molecule has 1 amide bonds. The predicted octanol–water partition coefficient (Wildman–Crippen LogP) is 5.55. The maximum absolute atomic E-state index is 11.7. The van der Waals surface area contributed by atoms with E-state index in [4.69, 9.17) is 4.52 Å². The minimum atomic E-state index is -0.101. The van der Waals surface area contributed by atoms with Gasteiger partial charge in [0, 0.05) is 11.8 Å². The molecule has 2 rings (SSSR count). The highest BCUT2D eigenvalue weighted by molar-refractivity contribution is 5.92. The van der Waals surface area contributed by atoms with Crippen molar-refractivity contribution in [2.45, 2.75) is 61.8 Å². The lowest BCUT2D eigenvalue weighted by Crippen LogP contribution is -2.14. The van der Waals surface area contributed by atoms with Crippen molar-refractivity contribution < 1.29 is 9.32 Å². The normalized spacial score (nSPS) is 8.35. The summed E-state index contributed by atoms with van der Waals surface area (Å²) in [5.41, 5.74) is 2.65. The van der Waals surface area contributed by atoms with Gasteiger partial charge in [-0.05, 0) is 25.5 Å². The van der Waals surface area contributed by atoms with E-state index in [1.807, 2.05) is 79.7 Å². The molecule has 0 spiro atoms. The maximum atomic E-state index is 11.7. The molecular weight excluding hydrogens is 288 g/mol. The van der Waals surface area contributed by atoms with E-state index in [1.165, 1.54) is 0 Å². The van der Waals surface area contributed by atoms with Crippen molar-refractivity contribution in [3.8, 4) is 0 Å². The molecule has 0 aliphatic heterocycles. The first-order valence-electron chi connectivity index (χ1n) is 8.43. The van der Waals surface area contributed by atoms with Gasteiger partial charge in [-0.3, -0.25) is 4.79 Å². The van der Waals surface area contributed by atoms with Crippen LogP contribution in [-0.2, 0) is 11.2 Å². The molecule has 2 aromatic rings. The Morgan fingerprint density at radius 3 is 2.09 bits per heavy atom. The van der Waals surface area contributed by atoms with Crippen molar-refractivity contribution >= 4 is 11.6 Å². The van der Waals surface area contributed by atoms with Gasteiger partial charge in [-0.25, -0.2) is 0 Å². The number of rotatable bonds is 3. The van der Waals surface area contributed by atoms with E-state index in [0.29, 0.717) is 5.76 Å². The summed E-state index contributed by atoms with van der Waals surface area (Å²) in [6, 6.07) is 9.41. The monoisotopic (exact) mass is 320 g/mol. The van der Waals surface area contributed by atoms with Gasteiger partial charge < -0.3 is 9.84 Å². The number of carbonyl (C=O) groups is 1. The molecule has 1 heterocycles. The maximum Gasteiger partial charge on any atom is 0.232 e. The summed E-state index contributed by atoms with van der Waals surface area (Å²) in [6.07, 6.45) is 0.204. The van der Waals surface area contributed by atoms with Gasteiger partial charge in [0.25, 0.3) is 0 Å². The first-order chi connectivity index (χ1) is 11.1. The molecule has 0 atom stereocenters. The molecule has 0 radical (unpaired) electrons. The lowest BCUT2D eigenvalue weighted by atomic mass is 10.2. The standard InChI is InChI=1S/C13H14N2O2.3C2H6/c1-9-5-3-4-6-12(9)14-13(16)8-11-7-10(2)15-17-11;3*1-2/h3-7H,8H2,1-2H3,(H,14,16);3*1-2H3. The molecule has 1 N–H and O–H groups in total. The largest absolute Gasteiger partial charge is 0.361 e. The average molecular weight is 320 g/mol. The van der Waals surface area contributed by atoms with Crippen molar-refractivity contribution in [1.82, 2.24) is 5.16 Å². The summed E-state index contributed by atoms with van der Waals surface area (Å²) in [6.45, 7) is 15.8. The van der Waals surface area contributed by atoms with E-state index in [0.717, 1.165) is 16.9 Å². The van der Waals surface area contributed by atoms with Gasteiger partial charge in [0.1, 0.15) is 5.76 Å². The Morgan fingerprint density at radius 2 is 1.61 bits per heavy atom. The van der Waals surface area contributed by atoms with E-state index in [2.05, 4.69) is 10.5 Å². The third kappa shape index (κ3) is 9.51. The lowest BCUT2D eigenvalue weighted by Gasteiger charge is -2.06. The molecule has 0 saturated carbocycles. The zero-order chi connectivity index (χ0) is 18.3. The van der Waals surface area contributed by atoms with Crippen LogP contribution in [0.2, 0.25) is 0 Å². The van der Waals surface area contributed by atoms with Gasteiger partial charge in [-0.1, -0.05) is 64.9 Å². The molecule has 4 heteroatoms. The summed E-state index contributed by atoms with van der Waals surface area (Å²) in [7, 11) is 0. The highest BCUT2D eigenvalue weighted by Crippen LogP contribution is 2.13. The van der Waals surface area contributed by atoms with Crippen molar-refractivity contribution in [1.29, 1.82) is 0 Å². The molecule has 0 aliphatic carbocycles. The fourth-order valence-electron chi connectivity index (χ4n) is 1.57. The summed E-state index contributed by atoms with van der Waals surface area (Å²) in [4.78, 5) is 11.7. The fraction of sp³-hybridized carbons (Fsp3) is 0.474. The van der Waals surface area contributed by atoms with E-state index in [1.54, 1.807) is 6.07 Å². The van der Waals surface area contributed by atoms with Gasteiger partial charge in [0.05, 0.1) is 12.1 Å². The second-order valence-electron chi connectivity index (χ2n) is 3.97. The highest BCUT2D eigenvalue weighted by Gasteiger charge is 2.09. The fourth-order valence-corrected chi connectivity index (χ4v) is 1.57. The number of aromatic nitrogens is 1. The van der Waals surface area contributed by atoms with Gasteiger partial charge in [0.15, 0.2) is 0 Å². The Morgan fingerprint density at radius 1 is 1.04 bits per heavy atom. The molecule has 0 aliphatic rings. The number of hydrogen-bond acceptors (Lipinski definition) is 3. The predicted molar refractivity (Wildman–Crippen MR) is 98.8 cm³/mol. The van der Waals surface area contributed by atoms with Crippen LogP contribution in [0.25, 0.3) is 0 Å². The summed E-state index contributed by atoms with van der Waals surface area (Å²) in [5.74, 6) is 0.476. The van der Waals surface area contributed by atoms with Crippen LogP contribution in [0, 0.1) is 13.8 Å². The van der Waals surface area contributed by atoms with Gasteiger partial charge in [0.2, 0.25) is 5.91 Å². The summed E-state index contributed by atoms with van der Waals surface area (Å²) >= 11 is 0. The smallest absolute Gasteiger partial charge is 0.232 e. The van der Waals surface area contributed by atoms with E-state index >= 15 is 0 Å². The second-order valence-corrected chi connectivity index (χ2v) is 3.97. The quantitative estimate of drug-likeness (QED) is 0.806.